The van der Waals surface area contributed by atoms with E-state index in [1.54, 1.807) is 0 Å². The van der Waals surface area contributed by atoms with Gasteiger partial charge in [0, 0.05) is 17.6 Å². The van der Waals surface area contributed by atoms with Crippen molar-refractivity contribution in [3.05, 3.63) is 40.0 Å². The summed E-state index contributed by atoms with van der Waals surface area (Å²) in [6.45, 7) is -0.560. The first kappa shape index (κ1) is 18.3. The third-order valence-corrected chi connectivity index (χ3v) is 3.47. The van der Waals surface area contributed by atoms with Crippen molar-refractivity contribution in [1.82, 2.24) is 9.97 Å². The minimum absolute atomic E-state index is 0.0915. The van der Waals surface area contributed by atoms with Crippen molar-refractivity contribution in [3.63, 3.8) is 0 Å². The lowest BCUT2D eigenvalue weighted by atomic mass is 10.1. The third-order valence-electron chi connectivity index (χ3n) is 2.93. The maximum atomic E-state index is 13.1. The van der Waals surface area contributed by atoms with Crippen LogP contribution in [0.25, 0.3) is 11.3 Å². The molecule has 0 unspecified atom stereocenters. The van der Waals surface area contributed by atoms with Crippen LogP contribution in [0, 0.1) is 0 Å². The summed E-state index contributed by atoms with van der Waals surface area (Å²) in [5, 5.41) is 9.21. The second kappa shape index (κ2) is 6.82. The highest BCUT2D eigenvalue weighted by Crippen LogP contribution is 2.34. The Bertz CT molecular complexity index is 784. The number of nitrogens with zero attached hydrogens (tertiary/aromatic N) is 3. The van der Waals surface area contributed by atoms with Gasteiger partial charge in [-0.25, -0.2) is 9.97 Å². The molecule has 0 saturated carbocycles. The molecule has 5 nitrogen and oxygen atoms in total. The van der Waals surface area contributed by atoms with Gasteiger partial charge in [0.15, 0.2) is 5.69 Å². The van der Waals surface area contributed by atoms with Crippen molar-refractivity contribution in [2.75, 3.05) is 18.5 Å². The zero-order valence-electron chi connectivity index (χ0n) is 12.1. The van der Waals surface area contributed by atoms with Crippen LogP contribution in [0.3, 0.4) is 0 Å². The van der Waals surface area contributed by atoms with Crippen LogP contribution in [0.2, 0.25) is 10.0 Å². The number of benzene rings is 1. The lowest BCUT2D eigenvalue weighted by molar-refractivity contribution is -0.141. The van der Waals surface area contributed by atoms with Gasteiger partial charge >= 0.3 is 12.1 Å². The third kappa shape index (κ3) is 4.27. The summed E-state index contributed by atoms with van der Waals surface area (Å²) in [5.74, 6) is -1.61. The van der Waals surface area contributed by atoms with Crippen molar-refractivity contribution in [3.8, 4) is 11.3 Å². The van der Waals surface area contributed by atoms with E-state index in [4.69, 9.17) is 28.3 Å². The summed E-state index contributed by atoms with van der Waals surface area (Å²) in [5.41, 5.74) is -1.07. The molecule has 0 bridgehead atoms. The van der Waals surface area contributed by atoms with Gasteiger partial charge in [0.1, 0.15) is 6.54 Å². The second-order valence-electron chi connectivity index (χ2n) is 4.81. The maximum absolute atomic E-state index is 13.1. The molecule has 1 heterocycles. The topological polar surface area (TPSA) is 66.3 Å². The van der Waals surface area contributed by atoms with E-state index in [0.717, 1.165) is 11.0 Å². The molecule has 24 heavy (non-hydrogen) atoms. The maximum Gasteiger partial charge on any atom is 0.433 e. The van der Waals surface area contributed by atoms with Crippen LogP contribution in [0.4, 0.5) is 19.1 Å². The molecular weight excluding hydrogens is 370 g/mol. The molecule has 1 aromatic carbocycles. The summed E-state index contributed by atoms with van der Waals surface area (Å²) in [7, 11) is 1.27. The van der Waals surface area contributed by atoms with E-state index < -0.39 is 24.4 Å². The number of carbonyl (C=O) groups is 1. The first-order valence-corrected chi connectivity index (χ1v) is 7.18. The lowest BCUT2D eigenvalue weighted by Gasteiger charge is -2.18. The predicted molar refractivity (Wildman–Crippen MR) is 83.4 cm³/mol. The highest BCUT2D eigenvalue weighted by Gasteiger charge is 2.34. The number of hydrogen-bond donors (Lipinski definition) is 1. The van der Waals surface area contributed by atoms with Gasteiger partial charge in [-0.15, -0.1) is 0 Å². The Morgan fingerprint density at radius 2 is 1.92 bits per heavy atom. The molecule has 0 radical (unpaired) electrons. The molecule has 0 aliphatic carbocycles. The van der Waals surface area contributed by atoms with Crippen LogP contribution in [0.1, 0.15) is 5.69 Å². The fraction of sp³-hybridized carbons (Fsp3) is 0.214. The van der Waals surface area contributed by atoms with Crippen molar-refractivity contribution >= 4 is 35.1 Å². The largest absolute Gasteiger partial charge is 0.480 e. The van der Waals surface area contributed by atoms with Crippen LogP contribution in [0.5, 0.6) is 0 Å². The van der Waals surface area contributed by atoms with Gasteiger partial charge in [0.05, 0.1) is 10.7 Å². The molecule has 0 fully saturated rings. The SMILES string of the molecule is CN(CC(=O)O)c1nc(-c2ccc(Cl)cc2Cl)cc(C(F)(F)F)n1. The number of carboxylic acid groups (broad SMARTS) is 1. The molecule has 1 N–H and O–H groups in total. The average Bonchev–Trinajstić information content (AvgIpc) is 2.45. The highest BCUT2D eigenvalue weighted by atomic mass is 35.5. The molecule has 2 rings (SSSR count). The Kier molecular flexibility index (Phi) is 5.19. The second-order valence-corrected chi connectivity index (χ2v) is 5.65. The van der Waals surface area contributed by atoms with E-state index in [1.807, 2.05) is 0 Å². The van der Waals surface area contributed by atoms with Gasteiger partial charge < -0.3 is 10.0 Å². The first-order valence-electron chi connectivity index (χ1n) is 6.42. The van der Waals surface area contributed by atoms with Crippen LogP contribution >= 0.6 is 23.2 Å². The van der Waals surface area contributed by atoms with Gasteiger partial charge in [0.25, 0.3) is 0 Å². The van der Waals surface area contributed by atoms with E-state index in [2.05, 4.69) is 9.97 Å². The van der Waals surface area contributed by atoms with Crippen LogP contribution < -0.4 is 4.90 Å². The molecule has 0 saturated heterocycles. The summed E-state index contributed by atoms with van der Waals surface area (Å²) in [6.07, 6.45) is -4.73. The molecular formula is C14H10Cl2F3N3O2. The van der Waals surface area contributed by atoms with E-state index in [0.29, 0.717) is 5.02 Å². The molecule has 0 spiro atoms. The molecule has 128 valence electrons. The molecule has 2 aromatic rings. The van der Waals surface area contributed by atoms with E-state index in [9.17, 15) is 18.0 Å². The molecule has 10 heteroatoms. The predicted octanol–water partition coefficient (Wildman–Crippen LogP) is 3.99. The summed E-state index contributed by atoms with van der Waals surface area (Å²) < 4.78 is 39.2. The Labute approximate surface area is 144 Å². The number of halogens is 5. The number of likely N-dealkylation sites (N-methyl/N-ethyl adjacent to an activating group) is 1. The van der Waals surface area contributed by atoms with E-state index in [1.165, 1.54) is 25.2 Å². The zero-order valence-corrected chi connectivity index (χ0v) is 13.6. The zero-order chi connectivity index (χ0) is 18.1. The highest BCUT2D eigenvalue weighted by molar-refractivity contribution is 6.36. The number of carboxylic acids is 1. The average molecular weight is 380 g/mol. The summed E-state index contributed by atoms with van der Waals surface area (Å²) in [6, 6.07) is 4.99. The first-order chi connectivity index (χ1) is 11.1. The molecule has 0 atom stereocenters. The van der Waals surface area contributed by atoms with Gasteiger partial charge in [-0.3, -0.25) is 4.79 Å². The Balaban J connectivity index is 2.60. The van der Waals surface area contributed by atoms with Gasteiger partial charge in [-0.05, 0) is 24.3 Å². The fourth-order valence-electron chi connectivity index (χ4n) is 1.86. The van der Waals surface area contributed by atoms with Crippen LogP contribution in [0.15, 0.2) is 24.3 Å². The van der Waals surface area contributed by atoms with E-state index in [-0.39, 0.29) is 22.2 Å². The quantitative estimate of drug-likeness (QED) is 0.869. The van der Waals surface area contributed by atoms with Crippen LogP contribution in [-0.2, 0) is 11.0 Å². The van der Waals surface area contributed by atoms with Crippen molar-refractivity contribution < 1.29 is 23.1 Å². The number of alkyl halides is 3. The standard InChI is InChI=1S/C14H10Cl2F3N3O2/c1-22(6-12(23)24)13-20-10(5-11(21-13)14(17,18)19)8-3-2-7(15)4-9(8)16/h2-5H,6H2,1H3,(H,23,24). The smallest absolute Gasteiger partial charge is 0.433 e. The number of aliphatic carboxylic acids is 1. The summed E-state index contributed by atoms with van der Waals surface area (Å²) in [4.78, 5) is 19.1. The Hall–Kier alpha value is -2.06. The fourth-order valence-corrected chi connectivity index (χ4v) is 2.36. The van der Waals surface area contributed by atoms with Gasteiger partial charge in [-0.2, -0.15) is 13.2 Å². The van der Waals surface area contributed by atoms with E-state index >= 15 is 0 Å². The molecule has 1 aromatic heterocycles. The minimum atomic E-state index is -4.73. The minimum Gasteiger partial charge on any atom is -0.480 e. The number of rotatable bonds is 4. The normalized spacial score (nSPS) is 11.4. The Morgan fingerprint density at radius 1 is 1.25 bits per heavy atom. The summed E-state index contributed by atoms with van der Waals surface area (Å²) >= 11 is 11.8. The number of aromatic nitrogens is 2. The van der Waals surface area contributed by atoms with Gasteiger partial charge in [-0.1, -0.05) is 23.2 Å². The molecule has 0 aliphatic heterocycles. The van der Waals surface area contributed by atoms with Crippen molar-refractivity contribution in [2.45, 2.75) is 6.18 Å². The Morgan fingerprint density at radius 3 is 2.46 bits per heavy atom. The van der Waals surface area contributed by atoms with Crippen molar-refractivity contribution in [2.24, 2.45) is 0 Å². The van der Waals surface area contributed by atoms with Crippen LogP contribution in [-0.4, -0.2) is 34.6 Å². The molecule has 0 aliphatic rings. The van der Waals surface area contributed by atoms with Gasteiger partial charge in [0.2, 0.25) is 5.95 Å². The molecule has 0 amide bonds. The monoisotopic (exact) mass is 379 g/mol. The van der Waals surface area contributed by atoms with Crippen molar-refractivity contribution in [1.29, 1.82) is 0 Å². The lowest BCUT2D eigenvalue weighted by Crippen LogP contribution is -2.28. The number of hydrogen-bond acceptors (Lipinski definition) is 4. The number of anilines is 1.